The second kappa shape index (κ2) is 8.91. The number of hydrogen-bond donors (Lipinski definition) is 0. The molecule has 0 amide bonds. The molecule has 156 valence electrons. The van der Waals surface area contributed by atoms with Crippen molar-refractivity contribution in [3.63, 3.8) is 0 Å². The predicted molar refractivity (Wildman–Crippen MR) is 119 cm³/mol. The van der Waals surface area contributed by atoms with Crippen LogP contribution < -0.4 is 9.47 Å². The number of carbonyl (C=O) groups is 2. The van der Waals surface area contributed by atoms with Gasteiger partial charge in [0.05, 0.1) is 17.8 Å². The van der Waals surface area contributed by atoms with E-state index in [1.807, 2.05) is 0 Å². The quantitative estimate of drug-likeness (QED) is 0.243. The molecule has 0 aliphatic carbocycles. The van der Waals surface area contributed by atoms with Gasteiger partial charge in [-0.15, -0.1) is 0 Å². The number of hydrogen-bond acceptors (Lipinski definition) is 7. The summed E-state index contributed by atoms with van der Waals surface area (Å²) in [5.41, 5.74) is 1.08. The molecule has 2 aromatic carbocycles. The average Bonchev–Trinajstić information content (AvgIpc) is 3.41. The van der Waals surface area contributed by atoms with Crippen LogP contribution in [0.4, 0.5) is 0 Å². The van der Waals surface area contributed by atoms with Crippen molar-refractivity contribution in [1.82, 2.24) is 0 Å². The van der Waals surface area contributed by atoms with Gasteiger partial charge in [0.1, 0.15) is 5.75 Å². The Morgan fingerprint density at radius 2 is 1.97 bits per heavy atom. The molecule has 1 aliphatic heterocycles. The van der Waals surface area contributed by atoms with Gasteiger partial charge in [-0.1, -0.05) is 22.0 Å². The normalized spacial score (nSPS) is 14.4. The number of nitrogens with zero attached hydrogens (tertiary/aromatic N) is 1. The van der Waals surface area contributed by atoms with Gasteiger partial charge in [-0.3, -0.25) is 0 Å². The molecule has 0 atom stereocenters. The van der Waals surface area contributed by atoms with Gasteiger partial charge in [-0.2, -0.15) is 0 Å². The number of aliphatic imine (C=N–C) groups is 1. The first-order chi connectivity index (χ1) is 14.9. The third kappa shape index (κ3) is 4.62. The van der Waals surface area contributed by atoms with Crippen LogP contribution in [0.2, 0.25) is 0 Å². The van der Waals surface area contributed by atoms with E-state index in [9.17, 15) is 9.59 Å². The minimum Gasteiger partial charge on any atom is -0.497 e. The second-order valence-electron chi connectivity index (χ2n) is 6.24. The topological polar surface area (TPSA) is 87.3 Å². The zero-order valence-electron chi connectivity index (χ0n) is 15.9. The number of rotatable bonds is 5. The molecule has 0 saturated carbocycles. The minimum atomic E-state index is -0.678. The van der Waals surface area contributed by atoms with Gasteiger partial charge in [0.25, 0.3) is 0 Å². The van der Waals surface area contributed by atoms with Crippen molar-refractivity contribution in [2.24, 2.45) is 4.99 Å². The minimum absolute atomic E-state index is 0.0482. The Hall–Kier alpha value is -3.17. The lowest BCUT2D eigenvalue weighted by Gasteiger charge is -2.10. The maximum Gasteiger partial charge on any atom is 0.379 e. The van der Waals surface area contributed by atoms with Crippen molar-refractivity contribution in [2.45, 2.75) is 0 Å². The summed E-state index contributed by atoms with van der Waals surface area (Å²) in [6, 6.07) is 13.5. The summed E-state index contributed by atoms with van der Waals surface area (Å²) >= 11 is 6.78. The van der Waals surface area contributed by atoms with Gasteiger partial charge in [0, 0.05) is 15.6 Å². The van der Waals surface area contributed by atoms with Gasteiger partial charge in [0.2, 0.25) is 11.7 Å². The molecule has 0 unspecified atom stereocenters. The molecule has 0 N–H and O–H groups in total. The van der Waals surface area contributed by atoms with Crippen molar-refractivity contribution >= 4 is 55.8 Å². The van der Waals surface area contributed by atoms with E-state index < -0.39 is 11.9 Å². The van der Waals surface area contributed by atoms with E-state index in [0.717, 1.165) is 0 Å². The Morgan fingerprint density at radius 1 is 1.13 bits per heavy atom. The van der Waals surface area contributed by atoms with Crippen LogP contribution in [0.25, 0.3) is 6.08 Å². The number of halogens is 2. The first kappa shape index (κ1) is 21.1. The fourth-order valence-corrected chi connectivity index (χ4v) is 4.11. The number of esters is 2. The molecule has 9 heteroatoms. The summed E-state index contributed by atoms with van der Waals surface area (Å²) in [6.07, 6.45) is 2.86. The van der Waals surface area contributed by atoms with Gasteiger partial charge >= 0.3 is 11.9 Å². The average molecular weight is 547 g/mol. The summed E-state index contributed by atoms with van der Waals surface area (Å²) in [5.74, 6) is -0.295. The van der Waals surface area contributed by atoms with E-state index in [4.69, 9.17) is 18.6 Å². The third-order valence-corrected chi connectivity index (χ3v) is 5.23. The number of ether oxygens (including phenoxy) is 3. The number of benzene rings is 2. The van der Waals surface area contributed by atoms with Gasteiger partial charge < -0.3 is 18.6 Å². The molecule has 4 rings (SSSR count). The molecular weight excluding hydrogens is 534 g/mol. The lowest BCUT2D eigenvalue weighted by Crippen LogP contribution is -2.09. The van der Waals surface area contributed by atoms with E-state index in [1.165, 1.54) is 18.4 Å². The first-order valence-electron chi connectivity index (χ1n) is 8.86. The molecule has 0 fully saturated rings. The highest BCUT2D eigenvalue weighted by atomic mass is 79.9. The van der Waals surface area contributed by atoms with Crippen molar-refractivity contribution in [3.05, 3.63) is 86.3 Å². The van der Waals surface area contributed by atoms with Crippen LogP contribution in [-0.2, 0) is 9.53 Å². The molecule has 0 bridgehead atoms. The largest absolute Gasteiger partial charge is 0.497 e. The third-order valence-electron chi connectivity index (χ3n) is 4.18. The Kier molecular flexibility index (Phi) is 6.06. The summed E-state index contributed by atoms with van der Waals surface area (Å²) in [5, 5.41) is 0. The smallest absolute Gasteiger partial charge is 0.379 e. The standard InChI is InChI=1S/C22H13Br2NO6/c1-28-15-5-2-4-12(9-15)20-25-17(21(26)31-20)10-13-8-14(23)11-16(24)19(13)30-22(27)18-6-3-7-29-18/h2-11H,1H3/b17-10-. The van der Waals surface area contributed by atoms with Crippen molar-refractivity contribution < 1.29 is 28.2 Å². The molecule has 1 aliphatic rings. The SMILES string of the molecule is COc1cccc(C2=N/C(=C\c3cc(Br)cc(Br)c3OC(=O)c3ccco3)C(=O)O2)c1. The number of methoxy groups -OCH3 is 1. The van der Waals surface area contributed by atoms with Crippen molar-refractivity contribution in [1.29, 1.82) is 0 Å². The highest BCUT2D eigenvalue weighted by Crippen LogP contribution is 2.36. The van der Waals surface area contributed by atoms with E-state index >= 15 is 0 Å². The summed E-state index contributed by atoms with van der Waals surface area (Å²) < 4.78 is 22.3. The zero-order valence-corrected chi connectivity index (χ0v) is 19.1. The van der Waals surface area contributed by atoms with Gasteiger partial charge in [-0.05, 0) is 64.5 Å². The van der Waals surface area contributed by atoms with E-state index in [2.05, 4.69) is 36.9 Å². The van der Waals surface area contributed by atoms with Crippen LogP contribution in [0.1, 0.15) is 21.7 Å². The first-order valence-corrected chi connectivity index (χ1v) is 10.4. The fourth-order valence-electron chi connectivity index (χ4n) is 2.77. The Bertz CT molecular complexity index is 1230. The Balaban J connectivity index is 1.71. The van der Waals surface area contributed by atoms with Crippen molar-refractivity contribution in [2.75, 3.05) is 7.11 Å². The van der Waals surface area contributed by atoms with Crippen molar-refractivity contribution in [3.8, 4) is 11.5 Å². The lowest BCUT2D eigenvalue weighted by atomic mass is 10.1. The van der Waals surface area contributed by atoms with Crippen LogP contribution in [0.5, 0.6) is 11.5 Å². The highest BCUT2D eigenvalue weighted by Gasteiger charge is 2.26. The lowest BCUT2D eigenvalue weighted by molar-refractivity contribution is -0.129. The Labute approximate surface area is 193 Å². The number of carbonyl (C=O) groups excluding carboxylic acids is 2. The highest BCUT2D eigenvalue weighted by molar-refractivity contribution is 9.11. The van der Waals surface area contributed by atoms with Crippen LogP contribution in [0, 0.1) is 0 Å². The molecule has 0 radical (unpaired) electrons. The molecule has 0 saturated heterocycles. The van der Waals surface area contributed by atoms with Crippen LogP contribution in [0.15, 0.2) is 78.8 Å². The fraction of sp³-hybridized carbons (Fsp3) is 0.0455. The summed E-state index contributed by atoms with van der Waals surface area (Å²) in [4.78, 5) is 29.1. The molecule has 1 aromatic heterocycles. The molecule has 3 aromatic rings. The predicted octanol–water partition coefficient (Wildman–Crippen LogP) is 5.38. The number of cyclic esters (lactones) is 1. The van der Waals surface area contributed by atoms with E-state index in [1.54, 1.807) is 49.6 Å². The van der Waals surface area contributed by atoms with E-state index in [0.29, 0.717) is 25.8 Å². The number of furan rings is 1. The van der Waals surface area contributed by atoms with E-state index in [-0.39, 0.29) is 23.1 Å². The molecule has 31 heavy (non-hydrogen) atoms. The molecule has 7 nitrogen and oxygen atoms in total. The monoisotopic (exact) mass is 545 g/mol. The van der Waals surface area contributed by atoms with Gasteiger partial charge in [0.15, 0.2) is 11.4 Å². The zero-order chi connectivity index (χ0) is 22.0. The second-order valence-corrected chi connectivity index (χ2v) is 8.01. The molecular formula is C22H13Br2NO6. The van der Waals surface area contributed by atoms with Gasteiger partial charge in [-0.25, -0.2) is 14.6 Å². The van der Waals surface area contributed by atoms with Crippen LogP contribution >= 0.6 is 31.9 Å². The van der Waals surface area contributed by atoms with Crippen LogP contribution in [0.3, 0.4) is 0 Å². The maximum absolute atomic E-state index is 12.4. The maximum atomic E-state index is 12.4. The summed E-state index contributed by atoms with van der Waals surface area (Å²) in [7, 11) is 1.55. The van der Waals surface area contributed by atoms with Crippen LogP contribution in [-0.4, -0.2) is 24.9 Å². The molecule has 2 heterocycles. The Morgan fingerprint density at radius 3 is 2.71 bits per heavy atom. The molecule has 0 spiro atoms. The summed E-state index contributed by atoms with van der Waals surface area (Å²) in [6.45, 7) is 0.